The molecule has 2 heterocycles. The first kappa shape index (κ1) is 14.5. The van der Waals surface area contributed by atoms with Gasteiger partial charge in [0, 0.05) is 13.0 Å². The Hall–Kier alpha value is -1.95. The molecule has 0 aliphatic carbocycles. The Kier molecular flexibility index (Phi) is 5.49. The monoisotopic (exact) mass is 276 g/mol. The summed E-state index contributed by atoms with van der Waals surface area (Å²) in [4.78, 5) is 8.55. The number of nitrogens with zero attached hydrogens (tertiary/aromatic N) is 3. The van der Waals surface area contributed by atoms with Crippen LogP contribution in [0.1, 0.15) is 37.7 Å². The van der Waals surface area contributed by atoms with Crippen molar-refractivity contribution < 1.29 is 9.26 Å². The van der Waals surface area contributed by atoms with Crippen molar-refractivity contribution in [3.63, 3.8) is 0 Å². The summed E-state index contributed by atoms with van der Waals surface area (Å²) < 4.78 is 10.7. The predicted octanol–water partition coefficient (Wildman–Crippen LogP) is 2.11. The molecule has 2 aromatic heterocycles. The zero-order valence-corrected chi connectivity index (χ0v) is 11.9. The van der Waals surface area contributed by atoms with Gasteiger partial charge in [-0.15, -0.1) is 0 Å². The van der Waals surface area contributed by atoms with Crippen molar-refractivity contribution in [1.29, 1.82) is 0 Å². The Morgan fingerprint density at radius 1 is 1.30 bits per heavy atom. The third-order valence-electron chi connectivity index (χ3n) is 2.70. The van der Waals surface area contributed by atoms with Gasteiger partial charge < -0.3 is 14.6 Å². The van der Waals surface area contributed by atoms with Gasteiger partial charge in [-0.25, -0.2) is 0 Å². The Balaban J connectivity index is 1.83. The van der Waals surface area contributed by atoms with Crippen LogP contribution in [0.4, 0.5) is 0 Å². The van der Waals surface area contributed by atoms with Gasteiger partial charge in [0.2, 0.25) is 11.7 Å². The number of ether oxygens (including phenoxy) is 1. The summed E-state index contributed by atoms with van der Waals surface area (Å²) >= 11 is 0. The second-order valence-electron chi connectivity index (χ2n) is 4.41. The lowest BCUT2D eigenvalue weighted by Gasteiger charge is -2.04. The fourth-order valence-electron chi connectivity index (χ4n) is 1.67. The molecule has 0 saturated carbocycles. The van der Waals surface area contributed by atoms with E-state index in [4.69, 9.17) is 9.26 Å². The van der Waals surface area contributed by atoms with Crippen LogP contribution in [0.2, 0.25) is 0 Å². The van der Waals surface area contributed by atoms with Gasteiger partial charge in [0.25, 0.3) is 0 Å². The molecule has 0 amide bonds. The highest BCUT2D eigenvalue weighted by molar-refractivity contribution is 5.19. The maximum Gasteiger partial charge on any atom is 0.226 e. The topological polar surface area (TPSA) is 73.1 Å². The van der Waals surface area contributed by atoms with E-state index in [1.165, 1.54) is 0 Å². The van der Waals surface area contributed by atoms with Crippen LogP contribution in [-0.4, -0.2) is 21.7 Å². The summed E-state index contributed by atoms with van der Waals surface area (Å²) in [7, 11) is 0. The quantitative estimate of drug-likeness (QED) is 0.796. The molecule has 108 valence electrons. The minimum atomic E-state index is 0.293. The van der Waals surface area contributed by atoms with Gasteiger partial charge in [0.1, 0.15) is 5.75 Å². The number of hydrogen-bond acceptors (Lipinski definition) is 6. The molecule has 0 fully saturated rings. The number of hydrogen-bond donors (Lipinski definition) is 1. The SMILES string of the molecule is CCCc1nc(COc2ccc(CNCC)nc2)no1. The van der Waals surface area contributed by atoms with E-state index in [0.717, 1.165) is 31.6 Å². The molecular weight excluding hydrogens is 256 g/mol. The molecule has 0 aliphatic rings. The molecule has 6 nitrogen and oxygen atoms in total. The Morgan fingerprint density at radius 2 is 2.20 bits per heavy atom. The molecule has 1 N–H and O–H groups in total. The van der Waals surface area contributed by atoms with Gasteiger partial charge in [-0.3, -0.25) is 4.98 Å². The molecule has 6 heteroatoms. The predicted molar refractivity (Wildman–Crippen MR) is 74.2 cm³/mol. The van der Waals surface area contributed by atoms with Gasteiger partial charge in [-0.1, -0.05) is 19.0 Å². The average Bonchev–Trinajstić information content (AvgIpc) is 2.92. The third kappa shape index (κ3) is 4.31. The van der Waals surface area contributed by atoms with Crippen molar-refractivity contribution in [2.24, 2.45) is 0 Å². The third-order valence-corrected chi connectivity index (χ3v) is 2.70. The summed E-state index contributed by atoms with van der Waals surface area (Å²) in [5, 5.41) is 7.09. The molecular formula is C14H20N4O2. The minimum absolute atomic E-state index is 0.293. The maximum absolute atomic E-state index is 5.58. The molecule has 0 aromatic carbocycles. The molecule has 0 radical (unpaired) electrons. The molecule has 0 atom stereocenters. The first-order valence-corrected chi connectivity index (χ1v) is 6.91. The Labute approximate surface area is 118 Å². The largest absolute Gasteiger partial charge is 0.484 e. The second-order valence-corrected chi connectivity index (χ2v) is 4.41. The number of rotatable bonds is 8. The van der Waals surface area contributed by atoms with Crippen molar-refractivity contribution in [2.75, 3.05) is 6.54 Å². The normalized spacial score (nSPS) is 10.7. The van der Waals surface area contributed by atoms with Crippen LogP contribution >= 0.6 is 0 Å². The van der Waals surface area contributed by atoms with E-state index in [-0.39, 0.29) is 0 Å². The van der Waals surface area contributed by atoms with Crippen LogP contribution in [0.25, 0.3) is 0 Å². The van der Waals surface area contributed by atoms with E-state index in [1.54, 1.807) is 6.20 Å². The zero-order chi connectivity index (χ0) is 14.2. The van der Waals surface area contributed by atoms with Crippen molar-refractivity contribution in [3.8, 4) is 5.75 Å². The van der Waals surface area contributed by atoms with Gasteiger partial charge in [0.05, 0.1) is 11.9 Å². The van der Waals surface area contributed by atoms with Crippen molar-refractivity contribution in [3.05, 3.63) is 35.7 Å². The van der Waals surface area contributed by atoms with E-state index in [9.17, 15) is 0 Å². The Bertz CT molecular complexity index is 510. The molecule has 0 unspecified atom stereocenters. The molecule has 20 heavy (non-hydrogen) atoms. The van der Waals surface area contributed by atoms with Gasteiger partial charge in [-0.05, 0) is 25.1 Å². The minimum Gasteiger partial charge on any atom is -0.484 e. The van der Waals surface area contributed by atoms with E-state index >= 15 is 0 Å². The lowest BCUT2D eigenvalue weighted by atomic mass is 10.3. The summed E-state index contributed by atoms with van der Waals surface area (Å²) in [5.74, 6) is 1.92. The summed E-state index contributed by atoms with van der Waals surface area (Å²) in [6.07, 6.45) is 3.49. The van der Waals surface area contributed by atoms with Crippen LogP contribution in [-0.2, 0) is 19.6 Å². The van der Waals surface area contributed by atoms with Crippen molar-refractivity contribution in [2.45, 2.75) is 39.8 Å². The van der Waals surface area contributed by atoms with E-state index in [1.807, 2.05) is 12.1 Å². The van der Waals surface area contributed by atoms with Gasteiger partial charge >= 0.3 is 0 Å². The van der Waals surface area contributed by atoms with Crippen molar-refractivity contribution >= 4 is 0 Å². The number of aromatic nitrogens is 3. The highest BCUT2D eigenvalue weighted by Crippen LogP contribution is 2.11. The summed E-state index contributed by atoms with van der Waals surface area (Å²) in [5.41, 5.74) is 0.990. The smallest absolute Gasteiger partial charge is 0.226 e. The number of nitrogens with one attached hydrogen (secondary N) is 1. The highest BCUT2D eigenvalue weighted by Gasteiger charge is 2.06. The number of aryl methyl sites for hydroxylation is 1. The van der Waals surface area contributed by atoms with Crippen LogP contribution < -0.4 is 10.1 Å². The lowest BCUT2D eigenvalue weighted by Crippen LogP contribution is -2.12. The van der Waals surface area contributed by atoms with E-state index in [2.05, 4.69) is 34.3 Å². The van der Waals surface area contributed by atoms with Crippen molar-refractivity contribution in [1.82, 2.24) is 20.4 Å². The molecule has 0 bridgehead atoms. The first-order valence-electron chi connectivity index (χ1n) is 6.91. The van der Waals surface area contributed by atoms with Crippen LogP contribution in [0.15, 0.2) is 22.9 Å². The first-order chi connectivity index (χ1) is 9.81. The van der Waals surface area contributed by atoms with Crippen LogP contribution in [0, 0.1) is 0 Å². The molecule has 2 aromatic rings. The van der Waals surface area contributed by atoms with E-state index < -0.39 is 0 Å². The second kappa shape index (κ2) is 7.59. The molecule has 0 spiro atoms. The standard InChI is InChI=1S/C14H20N4O2/c1-3-5-14-17-13(18-20-14)10-19-12-7-6-11(16-9-12)8-15-4-2/h6-7,9,15H,3-5,8,10H2,1-2H3. The van der Waals surface area contributed by atoms with Crippen LogP contribution in [0.5, 0.6) is 5.75 Å². The summed E-state index contributed by atoms with van der Waals surface area (Å²) in [6.45, 7) is 6.12. The maximum atomic E-state index is 5.58. The van der Waals surface area contributed by atoms with Gasteiger partial charge in [-0.2, -0.15) is 4.98 Å². The van der Waals surface area contributed by atoms with Gasteiger partial charge in [0.15, 0.2) is 6.61 Å². The Morgan fingerprint density at radius 3 is 2.90 bits per heavy atom. The molecule has 2 rings (SSSR count). The fraction of sp³-hybridized carbons (Fsp3) is 0.500. The molecule has 0 aliphatic heterocycles. The average molecular weight is 276 g/mol. The van der Waals surface area contributed by atoms with E-state index in [0.29, 0.717) is 24.1 Å². The fourth-order valence-corrected chi connectivity index (χ4v) is 1.67. The summed E-state index contributed by atoms with van der Waals surface area (Å²) in [6, 6.07) is 3.84. The highest BCUT2D eigenvalue weighted by atomic mass is 16.5. The van der Waals surface area contributed by atoms with Crippen LogP contribution in [0.3, 0.4) is 0 Å². The lowest BCUT2D eigenvalue weighted by molar-refractivity contribution is 0.284. The molecule has 0 saturated heterocycles. The number of pyridine rings is 1. The zero-order valence-electron chi connectivity index (χ0n) is 11.9.